The number of aryl methyl sites for hydroxylation is 1. The van der Waals surface area contributed by atoms with Gasteiger partial charge in [-0.2, -0.15) is 4.31 Å². The van der Waals surface area contributed by atoms with Gasteiger partial charge in [0.05, 0.1) is 37.8 Å². The molecule has 2 aromatic rings. The van der Waals surface area contributed by atoms with Crippen LogP contribution in [0.15, 0.2) is 42.6 Å². The number of methoxy groups -OCH3 is 1. The number of hydrogen-bond acceptors (Lipinski definition) is 5. The molecule has 0 spiro atoms. The van der Waals surface area contributed by atoms with Gasteiger partial charge in [-0.15, -0.1) is 0 Å². The van der Waals surface area contributed by atoms with Gasteiger partial charge in [-0.3, -0.25) is 9.78 Å². The summed E-state index contributed by atoms with van der Waals surface area (Å²) in [5.41, 5.74) is 2.01. The predicted octanol–water partition coefficient (Wildman–Crippen LogP) is 1.80. The highest BCUT2D eigenvalue weighted by Gasteiger charge is 2.21. The summed E-state index contributed by atoms with van der Waals surface area (Å²) in [4.78, 5) is 16.5. The average molecular weight is 363 g/mol. The van der Waals surface area contributed by atoms with Gasteiger partial charge in [0.1, 0.15) is 5.75 Å². The number of benzene rings is 1. The maximum Gasteiger partial charge on any atom is 0.239 e. The fourth-order valence-electron chi connectivity index (χ4n) is 2.23. The molecule has 25 heavy (non-hydrogen) atoms. The van der Waals surface area contributed by atoms with Gasteiger partial charge in [0, 0.05) is 6.20 Å². The molecule has 7 nitrogen and oxygen atoms in total. The second-order valence-electron chi connectivity index (χ2n) is 5.60. The summed E-state index contributed by atoms with van der Waals surface area (Å²) in [5.74, 6) is 0.0554. The molecule has 2 rings (SSSR count). The van der Waals surface area contributed by atoms with E-state index in [1.54, 1.807) is 36.5 Å². The van der Waals surface area contributed by atoms with E-state index in [0.717, 1.165) is 16.1 Å². The van der Waals surface area contributed by atoms with E-state index >= 15 is 0 Å². The Bertz CT molecular complexity index is 838. The lowest BCUT2D eigenvalue weighted by molar-refractivity contribution is -0.116. The molecule has 1 heterocycles. The number of pyridine rings is 1. The first-order chi connectivity index (χ1) is 11.8. The van der Waals surface area contributed by atoms with Crippen LogP contribution < -0.4 is 10.1 Å². The third kappa shape index (κ3) is 5.54. The topological polar surface area (TPSA) is 88.6 Å². The zero-order chi connectivity index (χ0) is 18.4. The van der Waals surface area contributed by atoms with Gasteiger partial charge in [0.25, 0.3) is 0 Å². The van der Waals surface area contributed by atoms with Crippen LogP contribution in [0.5, 0.6) is 5.75 Å². The first-order valence-corrected chi connectivity index (χ1v) is 9.44. The van der Waals surface area contributed by atoms with Gasteiger partial charge in [0.15, 0.2) is 0 Å². The maximum absolute atomic E-state index is 12.3. The van der Waals surface area contributed by atoms with Crippen molar-refractivity contribution < 1.29 is 17.9 Å². The normalized spacial score (nSPS) is 11.4. The minimum atomic E-state index is -3.57. The van der Waals surface area contributed by atoms with Gasteiger partial charge in [-0.05, 0) is 36.8 Å². The number of anilines is 1. The van der Waals surface area contributed by atoms with Crippen molar-refractivity contribution in [2.45, 2.75) is 13.5 Å². The predicted molar refractivity (Wildman–Crippen MR) is 95.9 cm³/mol. The van der Waals surface area contributed by atoms with Gasteiger partial charge >= 0.3 is 0 Å². The van der Waals surface area contributed by atoms with Crippen LogP contribution in [0.4, 0.5) is 5.69 Å². The monoisotopic (exact) mass is 363 g/mol. The number of nitrogens with zero attached hydrogens (tertiary/aromatic N) is 2. The first-order valence-electron chi connectivity index (χ1n) is 7.59. The molecule has 0 aliphatic carbocycles. The van der Waals surface area contributed by atoms with Gasteiger partial charge in [-0.25, -0.2) is 8.42 Å². The highest BCUT2D eigenvalue weighted by Crippen LogP contribution is 2.25. The van der Waals surface area contributed by atoms with Crippen molar-refractivity contribution >= 4 is 21.6 Å². The van der Waals surface area contributed by atoms with Crippen molar-refractivity contribution in [2.24, 2.45) is 0 Å². The Kier molecular flexibility index (Phi) is 6.11. The van der Waals surface area contributed by atoms with Crippen LogP contribution in [0.3, 0.4) is 0 Å². The molecule has 1 aromatic heterocycles. The van der Waals surface area contributed by atoms with E-state index in [0.29, 0.717) is 17.1 Å². The molecule has 0 aliphatic heterocycles. The van der Waals surface area contributed by atoms with Crippen molar-refractivity contribution in [1.82, 2.24) is 9.29 Å². The van der Waals surface area contributed by atoms with E-state index in [1.165, 1.54) is 7.11 Å². The van der Waals surface area contributed by atoms with Gasteiger partial charge in [0.2, 0.25) is 15.9 Å². The first kappa shape index (κ1) is 18.9. The van der Waals surface area contributed by atoms with E-state index in [-0.39, 0.29) is 13.1 Å². The van der Waals surface area contributed by atoms with Crippen molar-refractivity contribution in [3.63, 3.8) is 0 Å². The Labute approximate surface area is 147 Å². The minimum Gasteiger partial charge on any atom is -0.495 e. The van der Waals surface area contributed by atoms with Crippen molar-refractivity contribution in [3.05, 3.63) is 53.9 Å². The lowest BCUT2D eigenvalue weighted by atomic mass is 10.2. The second-order valence-corrected chi connectivity index (χ2v) is 7.59. The molecule has 0 unspecified atom stereocenters. The Morgan fingerprint density at radius 2 is 2.04 bits per heavy atom. The molecule has 1 N–H and O–H groups in total. The van der Waals surface area contributed by atoms with Crippen molar-refractivity contribution in [2.75, 3.05) is 25.2 Å². The molecule has 0 radical (unpaired) electrons. The quantitative estimate of drug-likeness (QED) is 0.810. The molecule has 0 atom stereocenters. The molecule has 134 valence electrons. The summed E-state index contributed by atoms with van der Waals surface area (Å²) in [6.45, 7) is 1.60. The van der Waals surface area contributed by atoms with Crippen LogP contribution in [-0.4, -0.2) is 43.5 Å². The lowest BCUT2D eigenvalue weighted by Crippen LogP contribution is -2.37. The molecule has 0 fully saturated rings. The zero-order valence-corrected chi connectivity index (χ0v) is 15.2. The van der Waals surface area contributed by atoms with Crippen LogP contribution in [0.1, 0.15) is 11.3 Å². The molecule has 8 heteroatoms. The number of hydrogen-bond donors (Lipinski definition) is 1. The number of aromatic nitrogens is 1. The summed E-state index contributed by atoms with van der Waals surface area (Å²) in [6, 6.07) is 10.6. The Balaban J connectivity index is 2.14. The summed E-state index contributed by atoms with van der Waals surface area (Å²) in [7, 11) is -2.07. The number of sulfonamides is 1. The molecular formula is C17H21N3O4S. The van der Waals surface area contributed by atoms with Crippen LogP contribution >= 0.6 is 0 Å². The third-order valence-corrected chi connectivity index (χ3v) is 4.68. The number of amides is 1. The highest BCUT2D eigenvalue weighted by atomic mass is 32.2. The molecule has 1 aromatic carbocycles. The van der Waals surface area contributed by atoms with Gasteiger partial charge in [-0.1, -0.05) is 12.1 Å². The summed E-state index contributed by atoms with van der Waals surface area (Å²) >= 11 is 0. The number of carbonyl (C=O) groups is 1. The Morgan fingerprint density at radius 3 is 2.64 bits per heavy atom. The van der Waals surface area contributed by atoms with E-state index in [1.807, 2.05) is 13.0 Å². The fraction of sp³-hybridized carbons (Fsp3) is 0.294. The van der Waals surface area contributed by atoms with Crippen molar-refractivity contribution in [3.8, 4) is 5.75 Å². The van der Waals surface area contributed by atoms with Crippen LogP contribution in [0.25, 0.3) is 0 Å². The lowest BCUT2D eigenvalue weighted by Gasteiger charge is -2.19. The van der Waals surface area contributed by atoms with Crippen LogP contribution in [0.2, 0.25) is 0 Å². The third-order valence-electron chi connectivity index (χ3n) is 3.48. The summed E-state index contributed by atoms with van der Waals surface area (Å²) in [6.07, 6.45) is 2.64. The number of ether oxygens (including phenoxy) is 1. The van der Waals surface area contributed by atoms with E-state index in [4.69, 9.17) is 4.74 Å². The highest BCUT2D eigenvalue weighted by molar-refractivity contribution is 7.88. The average Bonchev–Trinajstić information content (AvgIpc) is 2.54. The number of carbonyl (C=O) groups excluding carboxylic acids is 1. The molecule has 0 saturated heterocycles. The number of nitrogens with one attached hydrogen (secondary N) is 1. The van der Waals surface area contributed by atoms with Crippen LogP contribution in [0, 0.1) is 6.92 Å². The maximum atomic E-state index is 12.3. The fourth-order valence-corrected chi connectivity index (χ4v) is 2.95. The standard InChI is InChI=1S/C17H21N3O4S/c1-13-7-8-16(24-2)15(10-13)19-17(21)12-20(25(3,22)23)11-14-6-4-5-9-18-14/h4-10H,11-12H2,1-3H3,(H,19,21). The summed E-state index contributed by atoms with van der Waals surface area (Å²) < 4.78 is 30.3. The smallest absolute Gasteiger partial charge is 0.239 e. The molecular weight excluding hydrogens is 342 g/mol. The minimum absolute atomic E-state index is 0.0258. The Morgan fingerprint density at radius 1 is 1.28 bits per heavy atom. The molecule has 0 bridgehead atoms. The SMILES string of the molecule is COc1ccc(C)cc1NC(=O)CN(Cc1ccccn1)S(C)(=O)=O. The summed E-state index contributed by atoms with van der Waals surface area (Å²) in [5, 5.41) is 2.70. The Hall–Kier alpha value is -2.45. The van der Waals surface area contributed by atoms with Crippen LogP contribution in [-0.2, 0) is 21.4 Å². The van der Waals surface area contributed by atoms with E-state index in [9.17, 15) is 13.2 Å². The number of rotatable bonds is 7. The second kappa shape index (κ2) is 8.09. The van der Waals surface area contributed by atoms with Gasteiger partial charge < -0.3 is 10.1 Å². The molecule has 1 amide bonds. The molecule has 0 saturated carbocycles. The zero-order valence-electron chi connectivity index (χ0n) is 14.4. The largest absolute Gasteiger partial charge is 0.495 e. The van der Waals surface area contributed by atoms with Crippen molar-refractivity contribution in [1.29, 1.82) is 0 Å². The van der Waals surface area contributed by atoms with E-state index < -0.39 is 15.9 Å². The van der Waals surface area contributed by atoms with E-state index in [2.05, 4.69) is 10.3 Å². The molecule has 0 aliphatic rings.